The third-order valence-corrected chi connectivity index (χ3v) is 4.18. The number of likely N-dealkylation sites (N-methyl/N-ethyl adjacent to an activating group) is 1. The van der Waals surface area contributed by atoms with Gasteiger partial charge in [0.2, 0.25) is 5.91 Å². The molecule has 1 aliphatic heterocycles. The smallest absolute Gasteiger partial charge is 0.323 e. The van der Waals surface area contributed by atoms with Crippen LogP contribution in [-0.4, -0.2) is 43.5 Å². The van der Waals surface area contributed by atoms with E-state index in [1.165, 1.54) is 12.1 Å². The highest BCUT2D eigenvalue weighted by atomic mass is 35.5. The van der Waals surface area contributed by atoms with Crippen LogP contribution in [0.1, 0.15) is 18.4 Å². The zero-order chi connectivity index (χ0) is 17.0. The largest absolute Gasteiger partial charge is 0.418 e. The van der Waals surface area contributed by atoms with E-state index in [0.717, 1.165) is 25.5 Å². The van der Waals surface area contributed by atoms with Crippen LogP contribution >= 0.6 is 11.6 Å². The molecule has 1 aromatic rings. The molecule has 8 heteroatoms. The molecular weight excluding hydrogens is 331 g/mol. The third-order valence-electron chi connectivity index (χ3n) is 3.86. The summed E-state index contributed by atoms with van der Waals surface area (Å²) >= 11 is 5.83. The monoisotopic (exact) mass is 349 g/mol. The summed E-state index contributed by atoms with van der Waals surface area (Å²) in [7, 11) is 1.85. The van der Waals surface area contributed by atoms with E-state index in [0.29, 0.717) is 12.6 Å². The van der Waals surface area contributed by atoms with Crippen LogP contribution in [0.25, 0.3) is 0 Å². The van der Waals surface area contributed by atoms with Crippen molar-refractivity contribution in [2.24, 2.45) is 0 Å². The highest BCUT2D eigenvalue weighted by molar-refractivity contribution is 6.34. The van der Waals surface area contributed by atoms with Crippen LogP contribution < -0.4 is 10.6 Å². The van der Waals surface area contributed by atoms with Gasteiger partial charge in [-0.25, -0.2) is 0 Å². The summed E-state index contributed by atoms with van der Waals surface area (Å²) in [5.74, 6) is -0.500. The van der Waals surface area contributed by atoms with Crippen molar-refractivity contribution in [1.82, 2.24) is 10.2 Å². The second kappa shape index (κ2) is 7.51. The standard InChI is InChI=1S/C15H19ClF3N3O/c1-20-10-4-3-7-22(8-10)9-13(23)21-14-11(15(17,18)19)5-2-6-12(14)16/h2,5-6,10,20H,3-4,7-9H2,1H3,(H,21,23). The van der Waals surface area contributed by atoms with Crippen molar-refractivity contribution >= 4 is 23.2 Å². The number of nitrogens with one attached hydrogen (secondary N) is 2. The lowest BCUT2D eigenvalue weighted by molar-refractivity contribution is -0.137. The van der Waals surface area contributed by atoms with Crippen molar-refractivity contribution in [2.45, 2.75) is 25.1 Å². The maximum absolute atomic E-state index is 13.0. The Morgan fingerprint density at radius 1 is 1.43 bits per heavy atom. The van der Waals surface area contributed by atoms with Gasteiger partial charge in [0.05, 0.1) is 22.8 Å². The van der Waals surface area contributed by atoms with Crippen LogP contribution in [0.5, 0.6) is 0 Å². The molecule has 1 atom stereocenters. The Kier molecular flexibility index (Phi) is 5.89. The number of halogens is 4. The number of rotatable bonds is 4. The number of para-hydroxylation sites is 1. The number of hydrogen-bond acceptors (Lipinski definition) is 3. The lowest BCUT2D eigenvalue weighted by Crippen LogP contribution is -2.47. The predicted octanol–water partition coefficient (Wildman–Crippen LogP) is 2.98. The highest BCUT2D eigenvalue weighted by Gasteiger charge is 2.35. The molecule has 0 saturated carbocycles. The molecule has 1 amide bonds. The molecule has 128 valence electrons. The lowest BCUT2D eigenvalue weighted by Gasteiger charge is -2.32. The van der Waals surface area contributed by atoms with Gasteiger partial charge < -0.3 is 10.6 Å². The Morgan fingerprint density at radius 3 is 2.83 bits per heavy atom. The summed E-state index contributed by atoms with van der Waals surface area (Å²) in [6.45, 7) is 1.49. The average molecular weight is 350 g/mol. The summed E-state index contributed by atoms with van der Waals surface area (Å²) in [4.78, 5) is 14.0. The molecule has 0 aliphatic carbocycles. The van der Waals surface area contributed by atoms with Gasteiger partial charge in [0.15, 0.2) is 0 Å². The highest BCUT2D eigenvalue weighted by Crippen LogP contribution is 2.38. The van der Waals surface area contributed by atoms with Crippen LogP contribution in [0, 0.1) is 0 Å². The van der Waals surface area contributed by atoms with Crippen molar-refractivity contribution in [2.75, 3.05) is 32.0 Å². The second-order valence-electron chi connectivity index (χ2n) is 5.57. The van der Waals surface area contributed by atoms with E-state index in [4.69, 9.17) is 11.6 Å². The van der Waals surface area contributed by atoms with E-state index >= 15 is 0 Å². The number of piperidine rings is 1. The molecule has 0 aromatic heterocycles. The van der Waals surface area contributed by atoms with Gasteiger partial charge >= 0.3 is 6.18 Å². The molecule has 1 fully saturated rings. The first-order chi connectivity index (χ1) is 10.8. The molecule has 23 heavy (non-hydrogen) atoms. The van der Waals surface area contributed by atoms with E-state index < -0.39 is 17.6 Å². The van der Waals surface area contributed by atoms with Gasteiger partial charge in [0, 0.05) is 12.6 Å². The van der Waals surface area contributed by atoms with Crippen LogP contribution in [0.15, 0.2) is 18.2 Å². The predicted molar refractivity (Wildman–Crippen MR) is 83.6 cm³/mol. The fraction of sp³-hybridized carbons (Fsp3) is 0.533. The van der Waals surface area contributed by atoms with E-state index in [1.54, 1.807) is 0 Å². The summed E-state index contributed by atoms with van der Waals surface area (Å²) in [6.07, 6.45) is -2.61. The molecule has 1 aliphatic rings. The molecule has 1 unspecified atom stereocenters. The van der Waals surface area contributed by atoms with Gasteiger partial charge in [-0.3, -0.25) is 9.69 Å². The number of benzene rings is 1. The van der Waals surface area contributed by atoms with Crippen LogP contribution in [0.2, 0.25) is 5.02 Å². The summed E-state index contributed by atoms with van der Waals surface area (Å²) in [6, 6.07) is 3.73. The lowest BCUT2D eigenvalue weighted by atomic mass is 10.1. The van der Waals surface area contributed by atoms with Crippen LogP contribution in [0.3, 0.4) is 0 Å². The van der Waals surface area contributed by atoms with Gasteiger partial charge in [0.1, 0.15) is 0 Å². The van der Waals surface area contributed by atoms with Gasteiger partial charge in [-0.2, -0.15) is 13.2 Å². The van der Waals surface area contributed by atoms with E-state index in [9.17, 15) is 18.0 Å². The molecule has 1 aromatic carbocycles. The van der Waals surface area contributed by atoms with Gasteiger partial charge in [0.25, 0.3) is 0 Å². The molecule has 1 heterocycles. The zero-order valence-corrected chi connectivity index (χ0v) is 13.5. The van der Waals surface area contributed by atoms with E-state index in [1.807, 2.05) is 11.9 Å². The number of likely N-dealkylation sites (tertiary alicyclic amines) is 1. The van der Waals surface area contributed by atoms with Crippen molar-refractivity contribution < 1.29 is 18.0 Å². The number of amides is 1. The Bertz CT molecular complexity index is 565. The van der Waals surface area contributed by atoms with E-state index in [2.05, 4.69) is 10.6 Å². The molecule has 0 bridgehead atoms. The second-order valence-corrected chi connectivity index (χ2v) is 5.98. The molecule has 0 spiro atoms. The van der Waals surface area contributed by atoms with Crippen molar-refractivity contribution in [3.63, 3.8) is 0 Å². The Labute approximate surface area is 138 Å². The van der Waals surface area contributed by atoms with Crippen LogP contribution in [-0.2, 0) is 11.0 Å². The number of hydrogen-bond donors (Lipinski definition) is 2. The maximum Gasteiger partial charge on any atom is 0.418 e. The number of alkyl halides is 3. The van der Waals surface area contributed by atoms with Gasteiger partial charge in [-0.1, -0.05) is 17.7 Å². The van der Waals surface area contributed by atoms with Gasteiger partial charge in [-0.15, -0.1) is 0 Å². The number of anilines is 1. The maximum atomic E-state index is 13.0. The van der Waals surface area contributed by atoms with Crippen molar-refractivity contribution in [3.05, 3.63) is 28.8 Å². The number of nitrogens with zero attached hydrogens (tertiary/aromatic N) is 1. The Hall–Kier alpha value is -1.31. The Morgan fingerprint density at radius 2 is 2.17 bits per heavy atom. The van der Waals surface area contributed by atoms with Gasteiger partial charge in [-0.05, 0) is 38.6 Å². The number of carbonyl (C=O) groups is 1. The first-order valence-electron chi connectivity index (χ1n) is 7.36. The minimum Gasteiger partial charge on any atom is -0.323 e. The molecular formula is C15H19ClF3N3O. The summed E-state index contributed by atoms with van der Waals surface area (Å²) in [5.41, 5.74) is -1.32. The third kappa shape index (κ3) is 4.83. The summed E-state index contributed by atoms with van der Waals surface area (Å²) < 4.78 is 39.0. The SMILES string of the molecule is CNC1CCCN(CC(=O)Nc2c(Cl)cccc2C(F)(F)F)C1. The fourth-order valence-electron chi connectivity index (χ4n) is 2.70. The molecule has 4 nitrogen and oxygen atoms in total. The fourth-order valence-corrected chi connectivity index (χ4v) is 2.93. The molecule has 0 radical (unpaired) electrons. The van der Waals surface area contributed by atoms with Crippen molar-refractivity contribution in [1.29, 1.82) is 0 Å². The first-order valence-corrected chi connectivity index (χ1v) is 7.74. The van der Waals surface area contributed by atoms with E-state index in [-0.39, 0.29) is 17.3 Å². The number of carbonyl (C=O) groups excluding carboxylic acids is 1. The van der Waals surface area contributed by atoms with Crippen LogP contribution in [0.4, 0.5) is 18.9 Å². The topological polar surface area (TPSA) is 44.4 Å². The molecule has 2 rings (SSSR count). The molecule has 2 N–H and O–H groups in total. The molecule has 1 saturated heterocycles. The first kappa shape index (κ1) is 18.0. The average Bonchev–Trinajstić information content (AvgIpc) is 2.48. The Balaban J connectivity index is 2.06. The summed E-state index contributed by atoms with van der Waals surface area (Å²) in [5, 5.41) is 5.34. The minimum atomic E-state index is -4.57. The normalized spacial score (nSPS) is 19.6. The zero-order valence-electron chi connectivity index (χ0n) is 12.7. The van der Waals surface area contributed by atoms with Crippen molar-refractivity contribution in [3.8, 4) is 0 Å². The minimum absolute atomic E-state index is 0.0424. The quantitative estimate of drug-likeness (QED) is 0.878.